The topological polar surface area (TPSA) is 133 Å². The van der Waals surface area contributed by atoms with Gasteiger partial charge in [-0.2, -0.15) is 0 Å². The Balaban J connectivity index is 1.78. The number of carbonyl (C=O) groups excluding carboxylic acids is 4. The first-order valence-corrected chi connectivity index (χ1v) is 10.5. The number of benzene rings is 1. The second-order valence-electron chi connectivity index (χ2n) is 6.64. The minimum absolute atomic E-state index is 0.0226. The van der Waals surface area contributed by atoms with Crippen molar-refractivity contribution in [3.63, 3.8) is 0 Å². The first-order valence-electron chi connectivity index (χ1n) is 9.03. The van der Waals surface area contributed by atoms with Crippen molar-refractivity contribution in [1.29, 1.82) is 0 Å². The van der Waals surface area contributed by atoms with Crippen LogP contribution < -0.4 is 10.6 Å². The van der Waals surface area contributed by atoms with E-state index in [2.05, 4.69) is 10.6 Å². The van der Waals surface area contributed by atoms with E-state index in [9.17, 15) is 27.6 Å². The lowest BCUT2D eigenvalue weighted by Gasteiger charge is -2.14. The van der Waals surface area contributed by atoms with Crippen LogP contribution in [-0.4, -0.2) is 75.0 Å². The molecule has 4 amide bonds. The third kappa shape index (κ3) is 5.84. The summed E-state index contributed by atoms with van der Waals surface area (Å²) in [6, 6.07) is 5.53. The molecule has 0 atom stereocenters. The lowest BCUT2D eigenvalue weighted by atomic mass is 10.2. The Morgan fingerprint density at radius 1 is 1.10 bits per heavy atom. The van der Waals surface area contributed by atoms with Crippen molar-refractivity contribution in [2.75, 3.05) is 33.7 Å². The maximum Gasteiger partial charge on any atom is 0.251 e. The maximum atomic E-state index is 12.2. The molecule has 1 aromatic rings. The molecule has 10 nitrogen and oxygen atoms in total. The largest absolute Gasteiger partial charge is 0.355 e. The number of hydrogen-bond acceptors (Lipinski definition) is 6. The molecule has 0 saturated carbocycles. The average molecular weight is 424 g/mol. The van der Waals surface area contributed by atoms with E-state index in [0.29, 0.717) is 6.42 Å². The molecule has 0 spiro atoms. The Hall–Kier alpha value is -2.79. The summed E-state index contributed by atoms with van der Waals surface area (Å²) in [7, 11) is -0.890. The van der Waals surface area contributed by atoms with Gasteiger partial charge in [0.05, 0.1) is 11.4 Å². The van der Waals surface area contributed by atoms with Crippen LogP contribution in [0, 0.1) is 0 Å². The number of nitrogens with one attached hydrogen (secondary N) is 2. The Morgan fingerprint density at radius 2 is 1.76 bits per heavy atom. The normalized spacial score (nSPS) is 14.4. The molecule has 0 aromatic heterocycles. The number of carbonyl (C=O) groups is 4. The van der Waals surface area contributed by atoms with Gasteiger partial charge in [-0.05, 0) is 24.6 Å². The van der Waals surface area contributed by atoms with Gasteiger partial charge in [0, 0.05) is 45.6 Å². The number of likely N-dealkylation sites (tertiary alicyclic amines) is 1. The molecular weight excluding hydrogens is 400 g/mol. The molecular formula is C18H24N4O6S. The minimum Gasteiger partial charge on any atom is -0.355 e. The van der Waals surface area contributed by atoms with Crippen LogP contribution in [0.25, 0.3) is 0 Å². The van der Waals surface area contributed by atoms with Crippen LogP contribution in [0.2, 0.25) is 0 Å². The van der Waals surface area contributed by atoms with Crippen molar-refractivity contribution in [2.24, 2.45) is 0 Å². The second-order valence-corrected chi connectivity index (χ2v) is 8.79. The molecule has 1 heterocycles. The van der Waals surface area contributed by atoms with Gasteiger partial charge in [-0.15, -0.1) is 0 Å². The van der Waals surface area contributed by atoms with Crippen molar-refractivity contribution in [3.8, 4) is 0 Å². The predicted octanol–water partition coefficient (Wildman–Crippen LogP) is -0.678. The molecule has 1 aromatic carbocycles. The highest BCUT2D eigenvalue weighted by Crippen LogP contribution is 2.15. The molecule has 0 radical (unpaired) electrons. The molecule has 29 heavy (non-hydrogen) atoms. The van der Waals surface area contributed by atoms with E-state index in [1.165, 1.54) is 43.3 Å². The van der Waals surface area contributed by atoms with Gasteiger partial charge in [0.25, 0.3) is 5.91 Å². The average Bonchev–Trinajstić information content (AvgIpc) is 3.01. The second kappa shape index (κ2) is 9.61. The van der Waals surface area contributed by atoms with Crippen molar-refractivity contribution in [3.05, 3.63) is 29.8 Å². The van der Waals surface area contributed by atoms with Gasteiger partial charge in [0.2, 0.25) is 27.7 Å². The standard InChI is InChI=1S/C18H24N4O6S/c1-21(2)29(27,28)14-6-3-5-13(11-14)18(26)20-12-15(23)19-9-4-10-22-16(24)7-8-17(22)25/h3,5-6,11H,4,7-10,12H2,1-2H3,(H,19,23)(H,20,26). The maximum absolute atomic E-state index is 12.2. The lowest BCUT2D eigenvalue weighted by molar-refractivity contribution is -0.138. The summed E-state index contributed by atoms with van der Waals surface area (Å²) in [4.78, 5) is 48.2. The summed E-state index contributed by atoms with van der Waals surface area (Å²) >= 11 is 0. The number of hydrogen-bond donors (Lipinski definition) is 2. The molecule has 1 fully saturated rings. The fraction of sp³-hybridized carbons (Fsp3) is 0.444. The minimum atomic E-state index is -3.67. The van der Waals surface area contributed by atoms with Crippen LogP contribution >= 0.6 is 0 Å². The summed E-state index contributed by atoms with van der Waals surface area (Å²) in [6.07, 6.45) is 0.879. The van der Waals surface area contributed by atoms with E-state index in [4.69, 9.17) is 0 Å². The van der Waals surface area contributed by atoms with Crippen molar-refractivity contribution in [1.82, 2.24) is 19.8 Å². The van der Waals surface area contributed by atoms with Gasteiger partial charge in [0.1, 0.15) is 0 Å². The van der Waals surface area contributed by atoms with Crippen molar-refractivity contribution < 1.29 is 27.6 Å². The quantitative estimate of drug-likeness (QED) is 0.399. The van der Waals surface area contributed by atoms with Gasteiger partial charge in [-0.3, -0.25) is 24.1 Å². The molecule has 0 unspecified atom stereocenters. The first kappa shape index (κ1) is 22.5. The summed E-state index contributed by atoms with van der Waals surface area (Å²) < 4.78 is 25.3. The highest BCUT2D eigenvalue weighted by atomic mass is 32.2. The van der Waals surface area contributed by atoms with Crippen LogP contribution in [0.4, 0.5) is 0 Å². The van der Waals surface area contributed by atoms with Crippen molar-refractivity contribution >= 4 is 33.7 Å². The lowest BCUT2D eigenvalue weighted by Crippen LogP contribution is -2.38. The summed E-state index contributed by atoms with van der Waals surface area (Å²) in [6.45, 7) is 0.213. The van der Waals surface area contributed by atoms with Gasteiger partial charge in [-0.25, -0.2) is 12.7 Å². The number of nitrogens with zero attached hydrogens (tertiary/aromatic N) is 2. The van der Waals surface area contributed by atoms with E-state index in [-0.39, 0.29) is 54.7 Å². The van der Waals surface area contributed by atoms with E-state index >= 15 is 0 Å². The summed E-state index contributed by atoms with van der Waals surface area (Å²) in [5, 5.41) is 5.01. The number of rotatable bonds is 9. The van der Waals surface area contributed by atoms with Gasteiger partial charge >= 0.3 is 0 Å². The molecule has 2 N–H and O–H groups in total. The van der Waals surface area contributed by atoms with Gasteiger partial charge in [-0.1, -0.05) is 6.07 Å². The number of sulfonamides is 1. The van der Waals surface area contributed by atoms with E-state index in [0.717, 1.165) is 4.31 Å². The molecule has 158 valence electrons. The monoisotopic (exact) mass is 424 g/mol. The third-order valence-electron chi connectivity index (χ3n) is 4.32. The molecule has 11 heteroatoms. The molecule has 0 bridgehead atoms. The summed E-state index contributed by atoms with van der Waals surface area (Å²) in [5.41, 5.74) is 0.117. The first-order chi connectivity index (χ1) is 13.6. The predicted molar refractivity (Wildman–Crippen MR) is 103 cm³/mol. The van der Waals surface area contributed by atoms with Crippen molar-refractivity contribution in [2.45, 2.75) is 24.2 Å². The number of amides is 4. The Morgan fingerprint density at radius 3 is 2.38 bits per heavy atom. The van der Waals surface area contributed by atoms with Crippen LogP contribution in [0.3, 0.4) is 0 Å². The van der Waals surface area contributed by atoms with Gasteiger partial charge in [0.15, 0.2) is 0 Å². The highest BCUT2D eigenvalue weighted by molar-refractivity contribution is 7.89. The molecule has 2 rings (SSSR count). The summed E-state index contributed by atoms with van der Waals surface area (Å²) in [5.74, 6) is -1.42. The zero-order valence-corrected chi connectivity index (χ0v) is 17.1. The molecule has 1 aliphatic rings. The molecule has 1 aliphatic heterocycles. The zero-order chi connectivity index (χ0) is 21.6. The van der Waals surface area contributed by atoms with Crippen LogP contribution in [0.1, 0.15) is 29.6 Å². The highest BCUT2D eigenvalue weighted by Gasteiger charge is 2.27. The fourth-order valence-electron chi connectivity index (χ4n) is 2.67. The smallest absolute Gasteiger partial charge is 0.251 e. The Kier molecular flexibility index (Phi) is 7.46. The Labute approximate surface area is 169 Å². The third-order valence-corrected chi connectivity index (χ3v) is 6.13. The van der Waals surface area contributed by atoms with Crippen LogP contribution in [0.15, 0.2) is 29.2 Å². The fourth-order valence-corrected chi connectivity index (χ4v) is 3.62. The Bertz CT molecular complexity index is 897. The van der Waals surface area contributed by atoms with Crippen LogP contribution in [-0.2, 0) is 24.4 Å². The molecule has 0 aliphatic carbocycles. The van der Waals surface area contributed by atoms with Gasteiger partial charge < -0.3 is 10.6 Å². The van der Waals surface area contributed by atoms with E-state index in [1.54, 1.807) is 0 Å². The van der Waals surface area contributed by atoms with Crippen LogP contribution in [0.5, 0.6) is 0 Å². The SMILES string of the molecule is CN(C)S(=O)(=O)c1cccc(C(=O)NCC(=O)NCCCN2C(=O)CCC2=O)c1. The number of imide groups is 1. The van der Waals surface area contributed by atoms with E-state index in [1.807, 2.05) is 0 Å². The molecule has 1 saturated heterocycles. The zero-order valence-electron chi connectivity index (χ0n) is 16.3. The van der Waals surface area contributed by atoms with E-state index < -0.39 is 21.8 Å².